The normalized spacial score (nSPS) is 19.6. The molecule has 0 spiro atoms. The van der Waals surface area contributed by atoms with Gasteiger partial charge in [-0.05, 0) is 56.3 Å². The maximum Gasteiger partial charge on any atom is 0.128 e. The number of likely N-dealkylation sites (N-methyl/N-ethyl adjacent to an activating group) is 1. The predicted octanol–water partition coefficient (Wildman–Crippen LogP) is 4.58. The van der Waals surface area contributed by atoms with Crippen LogP contribution in [0, 0.1) is 12.7 Å². The molecular weight excluding hydrogens is 269 g/mol. The highest BCUT2D eigenvalue weighted by atomic mass is 32.1. The molecule has 0 radical (unpaired) electrons. The summed E-state index contributed by atoms with van der Waals surface area (Å²) in [6.07, 6.45) is 3.50. The van der Waals surface area contributed by atoms with E-state index in [1.54, 1.807) is 6.07 Å². The lowest BCUT2D eigenvalue weighted by Gasteiger charge is -2.31. The van der Waals surface area contributed by atoms with Crippen LogP contribution in [0.3, 0.4) is 0 Å². The van der Waals surface area contributed by atoms with Crippen molar-refractivity contribution in [2.45, 2.75) is 38.1 Å². The molecular formula is C17H20FNS. The molecule has 1 aliphatic carbocycles. The SMILES string of the molecule is CNC(c1cc(C)ccc1F)C1CCCc2sccc21. The highest BCUT2D eigenvalue weighted by Gasteiger charge is 2.30. The molecule has 2 unspecified atom stereocenters. The average molecular weight is 289 g/mol. The second-order valence-electron chi connectivity index (χ2n) is 5.59. The third-order valence-corrected chi connectivity index (χ3v) is 5.29. The Morgan fingerprint density at radius 2 is 2.20 bits per heavy atom. The molecule has 1 heterocycles. The van der Waals surface area contributed by atoms with E-state index >= 15 is 0 Å². The summed E-state index contributed by atoms with van der Waals surface area (Å²) in [7, 11) is 1.94. The van der Waals surface area contributed by atoms with E-state index in [-0.39, 0.29) is 11.9 Å². The number of halogens is 1. The topological polar surface area (TPSA) is 12.0 Å². The number of rotatable bonds is 3. The van der Waals surface area contributed by atoms with Crippen LogP contribution in [0.15, 0.2) is 29.6 Å². The van der Waals surface area contributed by atoms with E-state index in [4.69, 9.17) is 0 Å². The van der Waals surface area contributed by atoms with Gasteiger partial charge in [-0.25, -0.2) is 4.39 Å². The Morgan fingerprint density at radius 3 is 3.00 bits per heavy atom. The molecule has 0 aliphatic heterocycles. The van der Waals surface area contributed by atoms with E-state index in [0.717, 1.165) is 17.5 Å². The van der Waals surface area contributed by atoms with Crippen LogP contribution >= 0.6 is 11.3 Å². The first-order valence-corrected chi connectivity index (χ1v) is 8.08. The van der Waals surface area contributed by atoms with Crippen molar-refractivity contribution in [1.29, 1.82) is 0 Å². The van der Waals surface area contributed by atoms with Crippen molar-refractivity contribution in [1.82, 2.24) is 5.32 Å². The van der Waals surface area contributed by atoms with Crippen molar-refractivity contribution in [3.05, 3.63) is 57.0 Å². The van der Waals surface area contributed by atoms with Gasteiger partial charge >= 0.3 is 0 Å². The van der Waals surface area contributed by atoms with Gasteiger partial charge in [-0.3, -0.25) is 0 Å². The van der Waals surface area contributed by atoms with Crippen LogP contribution in [0.5, 0.6) is 0 Å². The third kappa shape index (κ3) is 2.40. The van der Waals surface area contributed by atoms with Crippen molar-refractivity contribution in [2.24, 2.45) is 0 Å². The highest BCUT2D eigenvalue weighted by Crippen LogP contribution is 2.42. The summed E-state index contributed by atoms with van der Waals surface area (Å²) in [5, 5.41) is 5.52. The van der Waals surface area contributed by atoms with Gasteiger partial charge in [0, 0.05) is 22.4 Å². The van der Waals surface area contributed by atoms with Gasteiger partial charge in [0.25, 0.3) is 0 Å². The molecule has 106 valence electrons. The Hall–Kier alpha value is -1.19. The van der Waals surface area contributed by atoms with Crippen LogP contribution in [0.25, 0.3) is 0 Å². The van der Waals surface area contributed by atoms with E-state index in [1.165, 1.54) is 23.3 Å². The Kier molecular flexibility index (Phi) is 3.90. The summed E-state index contributed by atoms with van der Waals surface area (Å²) in [4.78, 5) is 1.48. The first-order valence-electron chi connectivity index (χ1n) is 7.20. The molecule has 3 rings (SSSR count). The zero-order valence-electron chi connectivity index (χ0n) is 11.9. The van der Waals surface area contributed by atoms with E-state index < -0.39 is 0 Å². The first-order chi connectivity index (χ1) is 9.70. The molecule has 20 heavy (non-hydrogen) atoms. The smallest absolute Gasteiger partial charge is 0.128 e. The monoisotopic (exact) mass is 289 g/mol. The van der Waals surface area contributed by atoms with Crippen molar-refractivity contribution < 1.29 is 4.39 Å². The summed E-state index contributed by atoms with van der Waals surface area (Å²) in [6.45, 7) is 2.02. The molecule has 2 atom stereocenters. The van der Waals surface area contributed by atoms with Gasteiger partial charge < -0.3 is 5.32 Å². The van der Waals surface area contributed by atoms with Crippen LogP contribution in [0.1, 0.15) is 46.4 Å². The summed E-state index contributed by atoms with van der Waals surface area (Å²) in [5.74, 6) is 0.281. The summed E-state index contributed by atoms with van der Waals surface area (Å²) in [6, 6.07) is 7.69. The second kappa shape index (κ2) is 5.66. The Labute approximate surface area is 123 Å². The summed E-state index contributed by atoms with van der Waals surface area (Å²) in [5.41, 5.74) is 3.33. The molecule has 1 aromatic carbocycles. The summed E-state index contributed by atoms with van der Waals surface area (Å²) < 4.78 is 14.2. The lowest BCUT2D eigenvalue weighted by Crippen LogP contribution is -2.27. The lowest BCUT2D eigenvalue weighted by atomic mass is 9.79. The van der Waals surface area contributed by atoms with Crippen LogP contribution in [-0.2, 0) is 6.42 Å². The van der Waals surface area contributed by atoms with Crippen LogP contribution in [-0.4, -0.2) is 7.05 Å². The molecule has 1 nitrogen and oxygen atoms in total. The standard InChI is InChI=1S/C17H20FNS/c1-11-6-7-15(18)14(10-11)17(19-2)13-4-3-5-16-12(13)8-9-20-16/h6-10,13,17,19H,3-5H2,1-2H3. The Balaban J connectivity index is 2.01. The quantitative estimate of drug-likeness (QED) is 0.872. The van der Waals surface area contributed by atoms with Gasteiger partial charge in [-0.15, -0.1) is 11.3 Å². The molecule has 0 bridgehead atoms. The minimum Gasteiger partial charge on any atom is -0.312 e. The number of thiophene rings is 1. The fourth-order valence-corrected chi connectivity index (χ4v) is 4.34. The van der Waals surface area contributed by atoms with Gasteiger partial charge in [-0.1, -0.05) is 17.7 Å². The molecule has 0 fully saturated rings. The van der Waals surface area contributed by atoms with Crippen molar-refractivity contribution in [3.63, 3.8) is 0 Å². The molecule has 3 heteroatoms. The van der Waals surface area contributed by atoms with E-state index in [0.29, 0.717) is 5.92 Å². The maximum atomic E-state index is 14.2. The largest absolute Gasteiger partial charge is 0.312 e. The van der Waals surface area contributed by atoms with E-state index in [9.17, 15) is 4.39 Å². The fourth-order valence-electron chi connectivity index (χ4n) is 3.34. The minimum atomic E-state index is -0.0997. The lowest BCUT2D eigenvalue weighted by molar-refractivity contribution is 0.414. The number of hydrogen-bond acceptors (Lipinski definition) is 2. The van der Waals surface area contributed by atoms with E-state index in [1.807, 2.05) is 37.4 Å². The van der Waals surface area contributed by atoms with Gasteiger partial charge in [0.2, 0.25) is 0 Å². The van der Waals surface area contributed by atoms with Gasteiger partial charge in [0.05, 0.1) is 0 Å². The minimum absolute atomic E-state index is 0.0588. The third-order valence-electron chi connectivity index (χ3n) is 4.30. The molecule has 0 amide bonds. The van der Waals surface area contributed by atoms with Crippen molar-refractivity contribution >= 4 is 11.3 Å². The Morgan fingerprint density at radius 1 is 1.35 bits per heavy atom. The molecule has 0 saturated carbocycles. The van der Waals surface area contributed by atoms with Gasteiger partial charge in [0.15, 0.2) is 0 Å². The zero-order valence-corrected chi connectivity index (χ0v) is 12.8. The number of benzene rings is 1. The number of aryl methyl sites for hydroxylation is 2. The number of nitrogens with one attached hydrogen (secondary N) is 1. The van der Waals surface area contributed by atoms with Crippen molar-refractivity contribution in [3.8, 4) is 0 Å². The molecule has 1 N–H and O–H groups in total. The Bertz CT molecular complexity index is 605. The highest BCUT2D eigenvalue weighted by molar-refractivity contribution is 7.10. The van der Waals surface area contributed by atoms with Crippen LogP contribution < -0.4 is 5.32 Å². The van der Waals surface area contributed by atoms with Gasteiger partial charge in [0.1, 0.15) is 5.82 Å². The predicted molar refractivity (Wildman–Crippen MR) is 82.9 cm³/mol. The maximum absolute atomic E-state index is 14.2. The molecule has 1 aliphatic rings. The number of fused-ring (bicyclic) bond motifs is 1. The van der Waals surface area contributed by atoms with Gasteiger partial charge in [-0.2, -0.15) is 0 Å². The molecule has 1 aromatic heterocycles. The fraction of sp³-hybridized carbons (Fsp3) is 0.412. The van der Waals surface area contributed by atoms with Crippen molar-refractivity contribution in [2.75, 3.05) is 7.05 Å². The summed E-state index contributed by atoms with van der Waals surface area (Å²) >= 11 is 1.84. The average Bonchev–Trinajstić information content (AvgIpc) is 2.92. The zero-order chi connectivity index (χ0) is 14.1. The first kappa shape index (κ1) is 13.8. The second-order valence-corrected chi connectivity index (χ2v) is 6.59. The molecule has 2 aromatic rings. The van der Waals surface area contributed by atoms with Crippen LogP contribution in [0.2, 0.25) is 0 Å². The number of hydrogen-bond donors (Lipinski definition) is 1. The molecule has 0 saturated heterocycles. The van der Waals surface area contributed by atoms with E-state index in [2.05, 4.69) is 16.8 Å². The van der Waals surface area contributed by atoms with Crippen LogP contribution in [0.4, 0.5) is 4.39 Å².